The van der Waals surface area contributed by atoms with Crippen LogP contribution in [0.15, 0.2) is 42.5 Å². The first-order chi connectivity index (χ1) is 13.1. The van der Waals surface area contributed by atoms with E-state index in [0.717, 1.165) is 36.9 Å². The highest BCUT2D eigenvalue weighted by Gasteiger charge is 2.46. The SMILES string of the molecule is O=C(O)CCC/C=C\CC1C2CCC(C2)C1CNC(=O)Nc1ccccc1. The molecule has 4 atom stereocenters. The highest BCUT2D eigenvalue weighted by molar-refractivity contribution is 5.89. The number of carboxylic acids is 1. The second kappa shape index (κ2) is 9.58. The van der Waals surface area contributed by atoms with Crippen molar-refractivity contribution in [2.75, 3.05) is 11.9 Å². The lowest BCUT2D eigenvalue weighted by atomic mass is 9.77. The maximum Gasteiger partial charge on any atom is 0.319 e. The van der Waals surface area contributed by atoms with Gasteiger partial charge in [0, 0.05) is 18.7 Å². The molecule has 2 amide bonds. The average Bonchev–Trinajstić information content (AvgIpc) is 3.25. The van der Waals surface area contributed by atoms with Gasteiger partial charge < -0.3 is 15.7 Å². The smallest absolute Gasteiger partial charge is 0.319 e. The summed E-state index contributed by atoms with van der Waals surface area (Å²) >= 11 is 0. The Kier molecular flexibility index (Phi) is 6.91. The summed E-state index contributed by atoms with van der Waals surface area (Å²) < 4.78 is 0. The minimum atomic E-state index is -0.726. The standard InChI is InChI=1S/C22H30N2O3/c25-21(26)11-7-2-1-6-10-19-16-12-13-17(14-16)20(19)15-23-22(27)24-18-8-4-3-5-9-18/h1,3-6,8-9,16-17,19-20H,2,7,10-15H2,(H,25,26)(H2,23,24,27)/b6-1-. The van der Waals surface area contributed by atoms with Crippen LogP contribution in [-0.2, 0) is 4.79 Å². The summed E-state index contributed by atoms with van der Waals surface area (Å²) in [6.07, 6.45) is 11.1. The minimum Gasteiger partial charge on any atom is -0.481 e. The van der Waals surface area contributed by atoms with Gasteiger partial charge in [0.2, 0.25) is 0 Å². The number of carbonyl (C=O) groups excluding carboxylic acids is 1. The van der Waals surface area contributed by atoms with Crippen molar-refractivity contribution >= 4 is 17.7 Å². The van der Waals surface area contributed by atoms with Crippen molar-refractivity contribution in [2.45, 2.75) is 44.9 Å². The van der Waals surface area contributed by atoms with E-state index < -0.39 is 5.97 Å². The molecule has 2 aliphatic carbocycles. The van der Waals surface area contributed by atoms with Gasteiger partial charge in [-0.15, -0.1) is 0 Å². The molecule has 0 radical (unpaired) electrons. The molecule has 27 heavy (non-hydrogen) atoms. The number of unbranched alkanes of at least 4 members (excludes halogenated alkanes) is 1. The van der Waals surface area contributed by atoms with E-state index >= 15 is 0 Å². The van der Waals surface area contributed by atoms with Crippen molar-refractivity contribution in [2.24, 2.45) is 23.7 Å². The third-order valence-electron chi connectivity index (χ3n) is 6.14. The van der Waals surface area contributed by atoms with Crippen LogP contribution in [0.3, 0.4) is 0 Å². The van der Waals surface area contributed by atoms with E-state index in [-0.39, 0.29) is 12.5 Å². The number of rotatable bonds is 9. The van der Waals surface area contributed by atoms with Crippen LogP contribution in [0.25, 0.3) is 0 Å². The van der Waals surface area contributed by atoms with Gasteiger partial charge in [-0.25, -0.2) is 4.79 Å². The number of anilines is 1. The molecule has 2 saturated carbocycles. The lowest BCUT2D eigenvalue weighted by Crippen LogP contribution is -2.37. The van der Waals surface area contributed by atoms with Crippen LogP contribution in [0, 0.1) is 23.7 Å². The van der Waals surface area contributed by atoms with Gasteiger partial charge in [0.1, 0.15) is 0 Å². The number of benzene rings is 1. The molecule has 5 nitrogen and oxygen atoms in total. The Morgan fingerprint density at radius 2 is 1.81 bits per heavy atom. The molecule has 1 aromatic rings. The monoisotopic (exact) mass is 370 g/mol. The van der Waals surface area contributed by atoms with E-state index in [1.807, 2.05) is 30.3 Å². The number of amides is 2. The van der Waals surface area contributed by atoms with E-state index in [2.05, 4.69) is 22.8 Å². The van der Waals surface area contributed by atoms with Crippen LogP contribution >= 0.6 is 0 Å². The Balaban J connectivity index is 1.44. The van der Waals surface area contributed by atoms with Crippen molar-refractivity contribution in [3.63, 3.8) is 0 Å². The molecule has 1 aromatic carbocycles. The molecule has 4 unspecified atom stereocenters. The zero-order valence-electron chi connectivity index (χ0n) is 15.8. The van der Waals surface area contributed by atoms with Crippen LogP contribution in [0.1, 0.15) is 44.9 Å². The molecule has 0 aliphatic heterocycles. The molecule has 146 valence electrons. The van der Waals surface area contributed by atoms with E-state index in [0.29, 0.717) is 18.3 Å². The van der Waals surface area contributed by atoms with Crippen molar-refractivity contribution in [1.82, 2.24) is 5.32 Å². The van der Waals surface area contributed by atoms with Crippen molar-refractivity contribution in [1.29, 1.82) is 0 Å². The number of urea groups is 1. The third kappa shape index (κ3) is 5.59. The fourth-order valence-electron chi connectivity index (χ4n) is 4.86. The fraction of sp³-hybridized carbons (Fsp3) is 0.545. The second-order valence-electron chi connectivity index (χ2n) is 7.86. The van der Waals surface area contributed by atoms with Gasteiger partial charge in [-0.05, 0) is 74.3 Å². The van der Waals surface area contributed by atoms with E-state index in [1.54, 1.807) is 0 Å². The van der Waals surface area contributed by atoms with E-state index in [9.17, 15) is 9.59 Å². The lowest BCUT2D eigenvalue weighted by Gasteiger charge is -2.30. The van der Waals surface area contributed by atoms with Gasteiger partial charge in [-0.3, -0.25) is 4.79 Å². The zero-order valence-corrected chi connectivity index (χ0v) is 15.8. The topological polar surface area (TPSA) is 78.4 Å². The number of para-hydroxylation sites is 1. The van der Waals surface area contributed by atoms with Crippen molar-refractivity contribution in [3.05, 3.63) is 42.5 Å². The molecule has 2 fully saturated rings. The summed E-state index contributed by atoms with van der Waals surface area (Å²) in [6, 6.07) is 9.38. The number of hydrogen-bond donors (Lipinski definition) is 3. The summed E-state index contributed by atoms with van der Waals surface area (Å²) in [5.74, 6) is 1.97. The van der Waals surface area contributed by atoms with Crippen LogP contribution in [0.4, 0.5) is 10.5 Å². The van der Waals surface area contributed by atoms with Crippen molar-refractivity contribution < 1.29 is 14.7 Å². The molecule has 3 N–H and O–H groups in total. The first-order valence-electron chi connectivity index (χ1n) is 10.1. The minimum absolute atomic E-state index is 0.132. The van der Waals surface area contributed by atoms with Gasteiger partial charge in [0.05, 0.1) is 0 Å². The Labute approximate surface area is 161 Å². The number of allylic oxidation sites excluding steroid dienone is 2. The number of aliphatic carboxylic acids is 1. The summed E-state index contributed by atoms with van der Waals surface area (Å²) in [7, 11) is 0. The fourth-order valence-corrected chi connectivity index (χ4v) is 4.86. The number of carbonyl (C=O) groups is 2. The second-order valence-corrected chi connectivity index (χ2v) is 7.86. The summed E-state index contributed by atoms with van der Waals surface area (Å²) in [5, 5.41) is 14.6. The highest BCUT2D eigenvalue weighted by Crippen LogP contribution is 2.53. The molecule has 3 rings (SSSR count). The normalized spacial score (nSPS) is 26.4. The third-order valence-corrected chi connectivity index (χ3v) is 6.14. The maximum absolute atomic E-state index is 12.2. The average molecular weight is 370 g/mol. The van der Waals surface area contributed by atoms with Gasteiger partial charge in [-0.1, -0.05) is 30.4 Å². The van der Waals surface area contributed by atoms with Crippen molar-refractivity contribution in [3.8, 4) is 0 Å². The quantitative estimate of drug-likeness (QED) is 0.436. The maximum atomic E-state index is 12.2. The summed E-state index contributed by atoms with van der Waals surface area (Å²) in [6.45, 7) is 0.733. The van der Waals surface area contributed by atoms with Crippen LogP contribution in [0.5, 0.6) is 0 Å². The molecule has 0 saturated heterocycles. The largest absolute Gasteiger partial charge is 0.481 e. The van der Waals surface area contributed by atoms with E-state index in [4.69, 9.17) is 5.11 Å². The van der Waals surface area contributed by atoms with Gasteiger partial charge >= 0.3 is 12.0 Å². The molecule has 0 spiro atoms. The Morgan fingerprint density at radius 3 is 2.56 bits per heavy atom. The molecule has 0 aromatic heterocycles. The number of nitrogens with one attached hydrogen (secondary N) is 2. The zero-order chi connectivity index (χ0) is 19.1. The Morgan fingerprint density at radius 1 is 1.07 bits per heavy atom. The predicted octanol–water partition coefficient (Wildman–Crippen LogP) is 4.67. The van der Waals surface area contributed by atoms with Gasteiger partial charge in [-0.2, -0.15) is 0 Å². The number of hydrogen-bond acceptors (Lipinski definition) is 2. The Hall–Kier alpha value is -2.30. The first kappa shape index (κ1) is 19.5. The van der Waals surface area contributed by atoms with Crippen LogP contribution < -0.4 is 10.6 Å². The van der Waals surface area contributed by atoms with Gasteiger partial charge in [0.25, 0.3) is 0 Å². The van der Waals surface area contributed by atoms with E-state index in [1.165, 1.54) is 19.3 Å². The van der Waals surface area contributed by atoms with Crippen LogP contribution in [-0.4, -0.2) is 23.7 Å². The first-order valence-corrected chi connectivity index (χ1v) is 10.1. The molecular formula is C22H30N2O3. The molecular weight excluding hydrogens is 340 g/mol. The Bertz CT molecular complexity index is 659. The molecule has 0 heterocycles. The molecule has 2 aliphatic rings. The van der Waals surface area contributed by atoms with Gasteiger partial charge in [0.15, 0.2) is 0 Å². The highest BCUT2D eigenvalue weighted by atomic mass is 16.4. The predicted molar refractivity (Wildman–Crippen MR) is 107 cm³/mol. The summed E-state index contributed by atoms with van der Waals surface area (Å²) in [5.41, 5.74) is 0.809. The lowest BCUT2D eigenvalue weighted by molar-refractivity contribution is -0.137. The summed E-state index contributed by atoms with van der Waals surface area (Å²) in [4.78, 5) is 22.7. The number of fused-ring (bicyclic) bond motifs is 2. The molecule has 2 bridgehead atoms. The number of carboxylic acid groups (broad SMARTS) is 1. The van der Waals surface area contributed by atoms with Crippen LogP contribution in [0.2, 0.25) is 0 Å². The molecule has 5 heteroatoms.